The normalized spacial score (nSPS) is 30.2. The van der Waals surface area contributed by atoms with Gasteiger partial charge in [-0.05, 0) is 32.0 Å². The Hall–Kier alpha value is -1.13. The van der Waals surface area contributed by atoms with Crippen LogP contribution in [0.4, 0.5) is 0 Å². The summed E-state index contributed by atoms with van der Waals surface area (Å²) in [5.74, 6) is -2.70. The molecule has 8 heteroatoms. The molecule has 1 N–H and O–H groups in total. The second-order valence-electron chi connectivity index (χ2n) is 10.2. The van der Waals surface area contributed by atoms with Crippen LogP contribution in [-0.2, 0) is 23.4 Å². The lowest BCUT2D eigenvalue weighted by atomic mass is 9.96. The van der Waals surface area contributed by atoms with E-state index in [-0.39, 0.29) is 23.8 Å². The number of aliphatic hydroxyl groups excluding tert-OH is 1. The molecule has 0 unspecified atom stereocenters. The van der Waals surface area contributed by atoms with E-state index in [1.807, 2.05) is 6.07 Å². The third kappa shape index (κ3) is 5.67. The Bertz CT molecular complexity index is 763. The molecule has 0 amide bonds. The maximum atomic E-state index is 12.7. The molecule has 0 aromatic heterocycles. The molecule has 2 rings (SSSR count). The fourth-order valence-electron chi connectivity index (χ4n) is 3.38. The minimum atomic E-state index is -2.09. The number of ketones is 1. The molecule has 0 bridgehead atoms. The number of benzene rings is 1. The van der Waals surface area contributed by atoms with Gasteiger partial charge in [-0.1, -0.05) is 51.1 Å². The third-order valence-electron chi connectivity index (χ3n) is 6.99. The molecule has 0 spiro atoms. The van der Waals surface area contributed by atoms with Crippen LogP contribution in [0.5, 0.6) is 0 Å². The summed E-state index contributed by atoms with van der Waals surface area (Å²) in [4.78, 5) is 12.7. The summed E-state index contributed by atoms with van der Waals surface area (Å²) in [7, 11) is 0.913. The SMILES string of the molecule is CO[C@]1(C)O[C@@H]([C@H](O)CC(=O)c2ccccc2)[C@H](CO[Si](C)(C)C(C)(C)C)O[C@@]1(C)OC. The lowest BCUT2D eigenvalue weighted by Crippen LogP contribution is -2.68. The number of carbonyl (C=O) groups is 1. The standard InChI is InChI=1S/C24H40O7Si/c1-22(2,3)32(8,9)29-16-20-21(31-24(5,28-7)23(4,27-6)30-20)19(26)15-18(25)17-13-11-10-12-14-17/h10-14,19-21,26H,15-16H2,1-9H3/t19-,20+,21+,23-,24-/m1/s1. The first kappa shape index (κ1) is 27.1. The third-order valence-corrected chi connectivity index (χ3v) is 11.5. The molecule has 0 aliphatic carbocycles. The van der Waals surface area contributed by atoms with Crippen LogP contribution < -0.4 is 0 Å². The molecule has 182 valence electrons. The van der Waals surface area contributed by atoms with Gasteiger partial charge in [0.1, 0.15) is 12.2 Å². The lowest BCUT2D eigenvalue weighted by molar-refractivity contribution is -0.455. The average molecular weight is 469 g/mol. The van der Waals surface area contributed by atoms with Crippen LogP contribution in [0.3, 0.4) is 0 Å². The van der Waals surface area contributed by atoms with Gasteiger partial charge < -0.3 is 28.5 Å². The van der Waals surface area contributed by atoms with Crippen LogP contribution in [0, 0.1) is 0 Å². The van der Waals surface area contributed by atoms with Crippen molar-refractivity contribution in [1.82, 2.24) is 0 Å². The molecule has 0 saturated carbocycles. The number of methoxy groups -OCH3 is 2. The van der Waals surface area contributed by atoms with Gasteiger partial charge in [-0.15, -0.1) is 0 Å². The molecule has 1 aliphatic rings. The number of ether oxygens (including phenoxy) is 4. The number of aliphatic hydroxyl groups is 1. The first-order valence-corrected chi connectivity index (χ1v) is 14.0. The van der Waals surface area contributed by atoms with Gasteiger partial charge in [0.25, 0.3) is 0 Å². The van der Waals surface area contributed by atoms with Gasteiger partial charge in [0, 0.05) is 26.2 Å². The Morgan fingerprint density at radius 3 is 2.12 bits per heavy atom. The van der Waals surface area contributed by atoms with Crippen LogP contribution in [0.1, 0.15) is 51.4 Å². The second-order valence-corrected chi connectivity index (χ2v) is 15.0. The Labute approximate surface area is 193 Å². The summed E-state index contributed by atoms with van der Waals surface area (Å²) in [6.07, 6.45) is -2.74. The number of rotatable bonds is 9. The monoisotopic (exact) mass is 468 g/mol. The molecule has 32 heavy (non-hydrogen) atoms. The lowest BCUT2D eigenvalue weighted by Gasteiger charge is -2.53. The van der Waals surface area contributed by atoms with Gasteiger partial charge in [0.05, 0.1) is 12.7 Å². The van der Waals surface area contributed by atoms with E-state index in [0.29, 0.717) is 5.56 Å². The molecule has 1 fully saturated rings. The molecule has 1 saturated heterocycles. The van der Waals surface area contributed by atoms with E-state index in [4.69, 9.17) is 23.4 Å². The van der Waals surface area contributed by atoms with E-state index < -0.39 is 38.2 Å². The number of hydrogen-bond acceptors (Lipinski definition) is 7. The van der Waals surface area contributed by atoms with E-state index in [1.54, 1.807) is 38.1 Å². The number of carbonyl (C=O) groups excluding carboxylic acids is 1. The average Bonchev–Trinajstić information content (AvgIpc) is 2.74. The van der Waals surface area contributed by atoms with Gasteiger partial charge in [-0.2, -0.15) is 0 Å². The summed E-state index contributed by atoms with van der Waals surface area (Å²) in [5.41, 5.74) is 0.536. The molecule has 5 atom stereocenters. The van der Waals surface area contributed by atoms with E-state index >= 15 is 0 Å². The Kier molecular flexibility index (Phi) is 8.48. The molecular formula is C24H40O7Si. The number of Topliss-reactive ketones (excluding diaryl/α,β-unsaturated/α-hetero) is 1. The minimum absolute atomic E-state index is 0.00547. The molecule has 1 aromatic rings. The van der Waals surface area contributed by atoms with E-state index in [0.717, 1.165) is 0 Å². The molecule has 1 heterocycles. The summed E-state index contributed by atoms with van der Waals surface area (Å²) >= 11 is 0. The predicted octanol–water partition coefficient (Wildman–Crippen LogP) is 4.15. The van der Waals surface area contributed by atoms with Crippen molar-refractivity contribution in [1.29, 1.82) is 0 Å². The first-order chi connectivity index (χ1) is 14.7. The number of hydrogen-bond donors (Lipinski definition) is 1. The van der Waals surface area contributed by atoms with Crippen LogP contribution in [0.2, 0.25) is 18.1 Å². The fourth-order valence-corrected chi connectivity index (χ4v) is 4.40. The topological polar surface area (TPSA) is 83.5 Å². The zero-order valence-electron chi connectivity index (χ0n) is 20.9. The highest BCUT2D eigenvalue weighted by molar-refractivity contribution is 6.74. The van der Waals surface area contributed by atoms with Crippen molar-refractivity contribution in [2.45, 2.75) is 89.1 Å². The highest BCUT2D eigenvalue weighted by Gasteiger charge is 2.58. The quantitative estimate of drug-likeness (QED) is 0.430. The fraction of sp³-hybridized carbons (Fsp3) is 0.708. The van der Waals surface area contributed by atoms with Gasteiger partial charge in [0.15, 0.2) is 14.1 Å². The first-order valence-electron chi connectivity index (χ1n) is 11.1. The van der Waals surface area contributed by atoms with Crippen molar-refractivity contribution < 1.29 is 33.3 Å². The second kappa shape index (κ2) is 10.0. The Morgan fingerprint density at radius 1 is 1.09 bits per heavy atom. The van der Waals surface area contributed by atoms with Crippen LogP contribution in [-0.4, -0.2) is 69.9 Å². The zero-order valence-corrected chi connectivity index (χ0v) is 21.9. The summed E-state index contributed by atoms with van der Waals surface area (Å²) < 4.78 is 30.2. The van der Waals surface area contributed by atoms with E-state index in [9.17, 15) is 9.90 Å². The van der Waals surface area contributed by atoms with Gasteiger partial charge in [0.2, 0.25) is 11.6 Å². The van der Waals surface area contributed by atoms with Crippen molar-refractivity contribution in [3.8, 4) is 0 Å². The largest absolute Gasteiger partial charge is 0.414 e. The van der Waals surface area contributed by atoms with Gasteiger partial charge in [-0.3, -0.25) is 4.79 Å². The molecule has 1 aliphatic heterocycles. The predicted molar refractivity (Wildman–Crippen MR) is 125 cm³/mol. The van der Waals surface area contributed by atoms with Crippen molar-refractivity contribution in [2.75, 3.05) is 20.8 Å². The van der Waals surface area contributed by atoms with Crippen molar-refractivity contribution in [2.24, 2.45) is 0 Å². The van der Waals surface area contributed by atoms with Crippen LogP contribution in [0.15, 0.2) is 30.3 Å². The zero-order chi connectivity index (χ0) is 24.4. The van der Waals surface area contributed by atoms with Crippen molar-refractivity contribution in [3.63, 3.8) is 0 Å². The molecule has 0 radical (unpaired) electrons. The molecule has 1 aromatic carbocycles. The Balaban J connectivity index is 2.28. The summed E-state index contributed by atoms with van der Waals surface area (Å²) in [6, 6.07) is 8.89. The van der Waals surface area contributed by atoms with E-state index in [2.05, 4.69) is 33.9 Å². The summed E-state index contributed by atoms with van der Waals surface area (Å²) in [6.45, 7) is 14.4. The van der Waals surface area contributed by atoms with E-state index in [1.165, 1.54) is 14.2 Å². The molecular weight excluding hydrogens is 428 g/mol. The van der Waals surface area contributed by atoms with Crippen molar-refractivity contribution >= 4 is 14.1 Å². The Morgan fingerprint density at radius 2 is 1.62 bits per heavy atom. The minimum Gasteiger partial charge on any atom is -0.414 e. The highest BCUT2D eigenvalue weighted by Crippen LogP contribution is 2.42. The summed E-state index contributed by atoms with van der Waals surface area (Å²) in [5, 5.41) is 11.1. The van der Waals surface area contributed by atoms with Crippen LogP contribution in [0.25, 0.3) is 0 Å². The van der Waals surface area contributed by atoms with Crippen LogP contribution >= 0.6 is 0 Å². The maximum Gasteiger partial charge on any atom is 0.220 e. The maximum absolute atomic E-state index is 12.7. The van der Waals surface area contributed by atoms with Crippen molar-refractivity contribution in [3.05, 3.63) is 35.9 Å². The highest BCUT2D eigenvalue weighted by atomic mass is 28.4. The molecule has 7 nitrogen and oxygen atoms in total. The smallest absolute Gasteiger partial charge is 0.220 e. The van der Waals surface area contributed by atoms with Gasteiger partial charge >= 0.3 is 0 Å². The van der Waals surface area contributed by atoms with Gasteiger partial charge in [-0.25, -0.2) is 0 Å².